The van der Waals surface area contributed by atoms with Crippen LogP contribution >= 0.6 is 22.9 Å². The second-order valence-electron chi connectivity index (χ2n) is 8.99. The smallest absolute Gasteiger partial charge is 0.373 e. The molecule has 1 amide bonds. The van der Waals surface area contributed by atoms with Gasteiger partial charge in [-0.2, -0.15) is 13.2 Å². The molecule has 2 aromatic rings. The normalized spacial score (nSPS) is 26.4. The molecule has 4 unspecified atom stereocenters. The maximum absolute atomic E-state index is 14.4. The van der Waals surface area contributed by atoms with Crippen LogP contribution in [0.1, 0.15) is 29.2 Å². The maximum Gasteiger partial charge on any atom is 0.397 e. The molecule has 198 valence electrons. The molecule has 0 saturated heterocycles. The Kier molecular flexibility index (Phi) is 7.67. The van der Waals surface area contributed by atoms with Crippen molar-refractivity contribution in [3.05, 3.63) is 81.6 Å². The topological polar surface area (TPSA) is 55.6 Å². The second kappa shape index (κ2) is 10.3. The Labute approximate surface area is 219 Å². The predicted octanol–water partition coefficient (Wildman–Crippen LogP) is 6.27. The van der Waals surface area contributed by atoms with Crippen LogP contribution in [0.4, 0.5) is 22.0 Å². The first-order chi connectivity index (χ1) is 17.3. The van der Waals surface area contributed by atoms with Crippen LogP contribution in [0.2, 0.25) is 0 Å². The van der Waals surface area contributed by atoms with Crippen LogP contribution in [0.25, 0.3) is 11.3 Å². The molecule has 37 heavy (non-hydrogen) atoms. The van der Waals surface area contributed by atoms with E-state index in [1.54, 1.807) is 18.2 Å². The highest BCUT2D eigenvalue weighted by molar-refractivity contribution is 7.14. The zero-order chi connectivity index (χ0) is 27.1. The largest absolute Gasteiger partial charge is 0.397 e. The quantitative estimate of drug-likeness (QED) is 0.336. The highest BCUT2D eigenvalue weighted by atomic mass is 35.5. The van der Waals surface area contributed by atoms with E-state index in [0.29, 0.717) is 22.4 Å². The van der Waals surface area contributed by atoms with E-state index in [1.807, 2.05) is 19.1 Å². The van der Waals surface area contributed by atoms with Gasteiger partial charge >= 0.3 is 6.18 Å². The van der Waals surface area contributed by atoms with Gasteiger partial charge in [0.1, 0.15) is 23.1 Å². The second-order valence-corrected chi connectivity index (χ2v) is 10.6. The zero-order valence-electron chi connectivity index (χ0n) is 19.9. The molecule has 0 spiro atoms. The summed E-state index contributed by atoms with van der Waals surface area (Å²) in [4.78, 5) is 15.4. The fraction of sp³-hybridized carbons (Fsp3) is 0.346. The summed E-state index contributed by atoms with van der Waals surface area (Å²) in [6.45, 7) is 2.91. The van der Waals surface area contributed by atoms with E-state index in [-0.39, 0.29) is 17.4 Å². The van der Waals surface area contributed by atoms with Gasteiger partial charge in [0, 0.05) is 23.1 Å². The molecule has 1 aliphatic heterocycles. The number of thiophene rings is 1. The molecule has 0 radical (unpaired) electrons. The maximum atomic E-state index is 14.4. The number of amides is 1. The van der Waals surface area contributed by atoms with Crippen molar-refractivity contribution in [2.24, 2.45) is 11.7 Å². The van der Waals surface area contributed by atoms with E-state index in [0.717, 1.165) is 46.9 Å². The Morgan fingerprint density at radius 3 is 2.49 bits per heavy atom. The van der Waals surface area contributed by atoms with Crippen molar-refractivity contribution in [3.8, 4) is 0 Å². The summed E-state index contributed by atoms with van der Waals surface area (Å²) in [5.41, 5.74) is 4.23. The highest BCUT2D eigenvalue weighted by Gasteiger charge is 2.56. The van der Waals surface area contributed by atoms with Gasteiger partial charge in [-0.3, -0.25) is 4.79 Å². The summed E-state index contributed by atoms with van der Waals surface area (Å²) in [6.07, 6.45) is 1.22. The SMILES string of the molecule is CCOC1C=CC(c2ccc(C3=CC(C(F)(F)F)C(C)(N)C(=O)N3Cc3ccc(F)cc3F)s2)=CC1Cl. The van der Waals surface area contributed by atoms with Gasteiger partial charge in [0.15, 0.2) is 0 Å². The third kappa shape index (κ3) is 5.52. The minimum Gasteiger partial charge on any atom is -0.373 e. The third-order valence-electron chi connectivity index (χ3n) is 6.28. The lowest BCUT2D eigenvalue weighted by molar-refractivity contribution is -0.185. The fourth-order valence-electron chi connectivity index (χ4n) is 4.34. The summed E-state index contributed by atoms with van der Waals surface area (Å²) < 4.78 is 75.3. The van der Waals surface area contributed by atoms with Gasteiger partial charge < -0.3 is 15.4 Å². The van der Waals surface area contributed by atoms with Gasteiger partial charge in [-0.15, -0.1) is 22.9 Å². The number of nitrogens with two attached hydrogens (primary N) is 1. The van der Waals surface area contributed by atoms with Gasteiger partial charge in [0.25, 0.3) is 0 Å². The monoisotopic (exact) mass is 558 g/mol. The molecule has 1 aromatic heterocycles. The first kappa shape index (κ1) is 27.5. The number of hydrogen-bond donors (Lipinski definition) is 1. The molecule has 2 N–H and O–H groups in total. The van der Waals surface area contributed by atoms with Crippen molar-refractivity contribution >= 4 is 40.1 Å². The fourth-order valence-corrected chi connectivity index (χ4v) is 5.68. The van der Waals surface area contributed by atoms with E-state index >= 15 is 0 Å². The Morgan fingerprint density at radius 2 is 1.86 bits per heavy atom. The lowest BCUT2D eigenvalue weighted by Gasteiger charge is -2.42. The Morgan fingerprint density at radius 1 is 1.16 bits per heavy atom. The van der Waals surface area contributed by atoms with E-state index in [4.69, 9.17) is 22.1 Å². The van der Waals surface area contributed by atoms with Gasteiger partial charge in [-0.1, -0.05) is 24.3 Å². The molecule has 4 rings (SSSR count). The van der Waals surface area contributed by atoms with Crippen molar-refractivity contribution in [1.82, 2.24) is 4.90 Å². The van der Waals surface area contributed by atoms with Crippen LogP contribution in [-0.4, -0.2) is 40.6 Å². The van der Waals surface area contributed by atoms with E-state index in [1.165, 1.54) is 0 Å². The van der Waals surface area contributed by atoms with Gasteiger partial charge in [0.2, 0.25) is 5.91 Å². The average Bonchev–Trinajstić information content (AvgIpc) is 3.29. The summed E-state index contributed by atoms with van der Waals surface area (Å²) >= 11 is 7.56. The van der Waals surface area contributed by atoms with Crippen molar-refractivity contribution in [2.75, 3.05) is 6.61 Å². The van der Waals surface area contributed by atoms with Crippen LogP contribution in [0.3, 0.4) is 0 Å². The molecule has 4 atom stereocenters. The highest BCUT2D eigenvalue weighted by Crippen LogP contribution is 2.44. The Hall–Kier alpha value is -2.53. The van der Waals surface area contributed by atoms with Crippen molar-refractivity contribution < 1.29 is 31.5 Å². The number of ether oxygens (including phenoxy) is 1. The van der Waals surface area contributed by atoms with E-state index < -0.39 is 47.1 Å². The van der Waals surface area contributed by atoms with Crippen LogP contribution < -0.4 is 5.73 Å². The van der Waals surface area contributed by atoms with Crippen LogP contribution in [0.5, 0.6) is 0 Å². The summed E-state index contributed by atoms with van der Waals surface area (Å²) in [6, 6.07) is 6.11. The van der Waals surface area contributed by atoms with Crippen LogP contribution in [0.15, 0.2) is 54.6 Å². The summed E-state index contributed by atoms with van der Waals surface area (Å²) in [7, 11) is 0. The summed E-state index contributed by atoms with van der Waals surface area (Å²) in [5.74, 6) is -5.03. The molecular weight excluding hydrogens is 535 g/mol. The number of benzene rings is 1. The average molecular weight is 559 g/mol. The number of halogens is 6. The summed E-state index contributed by atoms with van der Waals surface area (Å²) in [5, 5.41) is -0.438. The van der Waals surface area contributed by atoms with E-state index in [9.17, 15) is 26.7 Å². The number of allylic oxidation sites excluding steroid dienone is 2. The third-order valence-corrected chi connectivity index (χ3v) is 7.81. The minimum absolute atomic E-state index is 0.0507. The number of nitrogens with zero attached hydrogens (tertiary/aromatic N) is 1. The Balaban J connectivity index is 1.75. The molecule has 1 aromatic carbocycles. The predicted molar refractivity (Wildman–Crippen MR) is 134 cm³/mol. The number of carbonyl (C=O) groups is 1. The minimum atomic E-state index is -4.80. The molecule has 4 nitrogen and oxygen atoms in total. The molecule has 0 bridgehead atoms. The van der Waals surface area contributed by atoms with Gasteiger partial charge in [-0.25, -0.2) is 8.78 Å². The first-order valence-electron chi connectivity index (χ1n) is 11.4. The van der Waals surface area contributed by atoms with Crippen LogP contribution in [0, 0.1) is 17.6 Å². The van der Waals surface area contributed by atoms with Gasteiger partial charge in [0.05, 0.1) is 28.6 Å². The van der Waals surface area contributed by atoms with Crippen molar-refractivity contribution in [2.45, 2.75) is 43.6 Å². The van der Waals surface area contributed by atoms with Gasteiger partial charge in [-0.05, 0) is 43.7 Å². The number of alkyl halides is 4. The molecule has 2 aliphatic rings. The zero-order valence-corrected chi connectivity index (χ0v) is 21.4. The van der Waals surface area contributed by atoms with E-state index in [2.05, 4.69) is 0 Å². The molecular formula is C26H24ClF5N2O2S. The lowest BCUT2D eigenvalue weighted by Crippen LogP contribution is -2.62. The standard InChI is InChI=1S/C26H24ClF5N2O2S/c1-3-36-20-7-5-14(10-17(20)27)21-8-9-22(37-21)19-12-23(26(30,31)32)25(2,33)24(35)34(19)13-15-4-6-16(28)11-18(15)29/h4-12,17,20,23H,3,13,33H2,1-2H3. The van der Waals surface area contributed by atoms with Crippen LogP contribution in [-0.2, 0) is 16.1 Å². The first-order valence-corrected chi connectivity index (χ1v) is 12.7. The van der Waals surface area contributed by atoms with Crippen molar-refractivity contribution in [1.29, 1.82) is 0 Å². The number of rotatable bonds is 6. The van der Waals surface area contributed by atoms with Crippen molar-refractivity contribution in [3.63, 3.8) is 0 Å². The molecule has 1 aliphatic carbocycles. The molecule has 0 saturated carbocycles. The number of hydrogen-bond acceptors (Lipinski definition) is 4. The lowest BCUT2D eigenvalue weighted by atomic mass is 9.80. The molecule has 11 heteroatoms. The molecule has 0 fully saturated rings. The Bertz CT molecular complexity index is 1280. The number of carbonyl (C=O) groups excluding carboxylic acids is 1. The molecule has 2 heterocycles.